The van der Waals surface area contributed by atoms with Crippen molar-refractivity contribution in [1.29, 1.82) is 0 Å². The Kier molecular flexibility index (Phi) is 5.88. The van der Waals surface area contributed by atoms with Crippen molar-refractivity contribution in [3.63, 3.8) is 0 Å². The van der Waals surface area contributed by atoms with E-state index in [1.807, 2.05) is 30.3 Å². The van der Waals surface area contributed by atoms with Gasteiger partial charge in [-0.2, -0.15) is 0 Å². The fourth-order valence-electron chi connectivity index (χ4n) is 2.87. The molecule has 0 aliphatic carbocycles. The lowest BCUT2D eigenvalue weighted by Crippen LogP contribution is -2.48. The van der Waals surface area contributed by atoms with Gasteiger partial charge in [-0.1, -0.05) is 36.4 Å². The Hall–Kier alpha value is -2.71. The highest BCUT2D eigenvalue weighted by atomic mass is 32.2. The van der Waals surface area contributed by atoms with Crippen molar-refractivity contribution in [3.05, 3.63) is 65.7 Å². The van der Waals surface area contributed by atoms with Crippen LogP contribution in [0.2, 0.25) is 0 Å². The molecule has 0 saturated carbocycles. The molecule has 1 N–H and O–H groups in total. The lowest BCUT2D eigenvalue weighted by atomic mass is 10.2. The molecule has 0 bridgehead atoms. The van der Waals surface area contributed by atoms with Crippen LogP contribution >= 0.6 is 0 Å². The molecular weight excluding hydrogens is 366 g/mol. The molecule has 27 heavy (non-hydrogen) atoms. The quantitative estimate of drug-likeness (QED) is 0.752. The number of amides is 2. The molecule has 142 valence electrons. The smallest absolute Gasteiger partial charge is 0.254 e. The van der Waals surface area contributed by atoms with Crippen LogP contribution in [-0.2, 0) is 21.4 Å². The Labute approximate surface area is 158 Å². The summed E-state index contributed by atoms with van der Waals surface area (Å²) in [4.78, 5) is 26.7. The summed E-state index contributed by atoms with van der Waals surface area (Å²) >= 11 is 0. The molecule has 1 aliphatic heterocycles. The van der Waals surface area contributed by atoms with Crippen molar-refractivity contribution in [1.82, 2.24) is 14.5 Å². The summed E-state index contributed by atoms with van der Waals surface area (Å²) in [5.41, 5.74) is 1.17. The van der Waals surface area contributed by atoms with Crippen molar-refractivity contribution in [2.24, 2.45) is 0 Å². The van der Waals surface area contributed by atoms with E-state index in [0.717, 1.165) is 12.0 Å². The summed E-state index contributed by atoms with van der Waals surface area (Å²) in [6.45, 7) is 1.99. The maximum absolute atomic E-state index is 12.7. The van der Waals surface area contributed by atoms with Crippen LogP contribution in [0.1, 0.15) is 15.9 Å². The van der Waals surface area contributed by atoms with Crippen LogP contribution in [0.15, 0.2) is 59.5 Å². The van der Waals surface area contributed by atoms with E-state index in [1.165, 1.54) is 12.1 Å². The van der Waals surface area contributed by atoms with Crippen molar-refractivity contribution in [2.45, 2.75) is 11.4 Å². The predicted octanol–water partition coefficient (Wildman–Crippen LogP) is 1.08. The molecule has 0 aromatic heterocycles. The van der Waals surface area contributed by atoms with Gasteiger partial charge < -0.3 is 9.80 Å². The molecule has 0 unspecified atom stereocenters. The molecule has 0 radical (unpaired) electrons. The highest BCUT2D eigenvalue weighted by Crippen LogP contribution is 2.15. The summed E-state index contributed by atoms with van der Waals surface area (Å²) in [7, 11) is -3.73. The number of sulfonamides is 1. The van der Waals surface area contributed by atoms with Gasteiger partial charge in [0, 0.05) is 38.3 Å². The number of hydrogen-bond acceptors (Lipinski definition) is 4. The first kappa shape index (κ1) is 19.1. The second-order valence-corrected chi connectivity index (χ2v) is 8.04. The highest BCUT2D eigenvalue weighted by Gasteiger charge is 2.23. The van der Waals surface area contributed by atoms with Crippen LogP contribution in [0, 0.1) is 0 Å². The van der Waals surface area contributed by atoms with Gasteiger partial charge in [0.15, 0.2) is 0 Å². The summed E-state index contributed by atoms with van der Waals surface area (Å²) < 4.78 is 27.7. The van der Waals surface area contributed by atoms with Crippen molar-refractivity contribution < 1.29 is 18.0 Å². The third-order valence-corrected chi connectivity index (χ3v) is 5.85. The third kappa shape index (κ3) is 4.72. The standard InChI is InChI=1S/C19H21N3O4S/c23-15-21-9-11-22(12-10-21)19(24)17-7-4-8-18(13-17)27(25,26)20-14-16-5-2-1-3-6-16/h1-8,13,15,20H,9-12,14H2. The van der Waals surface area contributed by atoms with E-state index in [-0.39, 0.29) is 17.3 Å². The zero-order chi connectivity index (χ0) is 19.3. The molecule has 1 aliphatic rings. The average Bonchev–Trinajstić information content (AvgIpc) is 2.73. The van der Waals surface area contributed by atoms with Gasteiger partial charge >= 0.3 is 0 Å². The maximum Gasteiger partial charge on any atom is 0.254 e. The zero-order valence-corrected chi connectivity index (χ0v) is 15.6. The van der Waals surface area contributed by atoms with E-state index in [0.29, 0.717) is 31.7 Å². The SMILES string of the molecule is O=CN1CCN(C(=O)c2cccc(S(=O)(=O)NCc3ccccc3)c2)CC1. The molecule has 2 amide bonds. The van der Waals surface area contributed by atoms with Crippen LogP contribution < -0.4 is 4.72 Å². The molecule has 1 fully saturated rings. The number of carbonyl (C=O) groups excluding carboxylic acids is 2. The largest absolute Gasteiger partial charge is 0.342 e. The van der Waals surface area contributed by atoms with Crippen molar-refractivity contribution in [2.75, 3.05) is 26.2 Å². The van der Waals surface area contributed by atoms with E-state index in [4.69, 9.17) is 0 Å². The van der Waals surface area contributed by atoms with E-state index in [2.05, 4.69) is 4.72 Å². The van der Waals surface area contributed by atoms with Gasteiger partial charge in [0.2, 0.25) is 16.4 Å². The van der Waals surface area contributed by atoms with Gasteiger partial charge in [0.05, 0.1) is 4.90 Å². The summed E-state index contributed by atoms with van der Waals surface area (Å²) in [6.07, 6.45) is 0.771. The second kappa shape index (κ2) is 8.32. The first-order chi connectivity index (χ1) is 13.0. The minimum atomic E-state index is -3.73. The molecule has 1 heterocycles. The fraction of sp³-hybridized carbons (Fsp3) is 0.263. The van der Waals surface area contributed by atoms with E-state index >= 15 is 0 Å². The topological polar surface area (TPSA) is 86.8 Å². The van der Waals surface area contributed by atoms with Crippen LogP contribution in [0.5, 0.6) is 0 Å². The summed E-state index contributed by atoms with van der Waals surface area (Å²) in [5, 5.41) is 0. The van der Waals surface area contributed by atoms with Crippen LogP contribution in [0.25, 0.3) is 0 Å². The number of benzene rings is 2. The van der Waals surface area contributed by atoms with Crippen LogP contribution in [0.3, 0.4) is 0 Å². The molecule has 2 aromatic carbocycles. The van der Waals surface area contributed by atoms with Gasteiger partial charge in [-0.05, 0) is 23.8 Å². The fourth-order valence-corrected chi connectivity index (χ4v) is 3.93. The molecule has 0 spiro atoms. The molecule has 0 atom stereocenters. The monoisotopic (exact) mass is 387 g/mol. The van der Waals surface area contributed by atoms with Gasteiger partial charge in [-0.25, -0.2) is 13.1 Å². The Morgan fingerprint density at radius 2 is 1.70 bits per heavy atom. The second-order valence-electron chi connectivity index (χ2n) is 6.27. The van der Waals surface area contributed by atoms with E-state index in [1.54, 1.807) is 21.9 Å². The van der Waals surface area contributed by atoms with Crippen LogP contribution in [0.4, 0.5) is 0 Å². The predicted molar refractivity (Wildman–Crippen MR) is 100 cm³/mol. The van der Waals surface area contributed by atoms with Gasteiger partial charge in [0.25, 0.3) is 5.91 Å². The number of carbonyl (C=O) groups is 2. The van der Waals surface area contributed by atoms with Crippen LogP contribution in [-0.4, -0.2) is 56.7 Å². The molecular formula is C19H21N3O4S. The van der Waals surface area contributed by atoms with Crippen molar-refractivity contribution in [3.8, 4) is 0 Å². The van der Waals surface area contributed by atoms with Gasteiger partial charge in [-0.15, -0.1) is 0 Å². The average molecular weight is 387 g/mol. The lowest BCUT2D eigenvalue weighted by Gasteiger charge is -2.32. The lowest BCUT2D eigenvalue weighted by molar-refractivity contribution is -0.119. The number of nitrogens with one attached hydrogen (secondary N) is 1. The minimum absolute atomic E-state index is 0.0517. The number of hydrogen-bond donors (Lipinski definition) is 1. The summed E-state index contributed by atoms with van der Waals surface area (Å²) in [6, 6.07) is 15.2. The number of rotatable bonds is 6. The Morgan fingerprint density at radius 1 is 1.00 bits per heavy atom. The van der Waals surface area contributed by atoms with Crippen molar-refractivity contribution >= 4 is 22.3 Å². The molecule has 3 rings (SSSR count). The molecule has 8 heteroatoms. The van der Waals surface area contributed by atoms with Gasteiger partial charge in [0.1, 0.15) is 0 Å². The number of piperazine rings is 1. The Morgan fingerprint density at radius 3 is 2.37 bits per heavy atom. The summed E-state index contributed by atoms with van der Waals surface area (Å²) in [5.74, 6) is -0.236. The normalized spacial score (nSPS) is 14.8. The first-order valence-electron chi connectivity index (χ1n) is 8.62. The highest BCUT2D eigenvalue weighted by molar-refractivity contribution is 7.89. The minimum Gasteiger partial charge on any atom is -0.342 e. The van der Waals surface area contributed by atoms with Gasteiger partial charge in [-0.3, -0.25) is 9.59 Å². The van der Waals surface area contributed by atoms with E-state index in [9.17, 15) is 18.0 Å². The third-order valence-electron chi connectivity index (χ3n) is 4.45. The number of nitrogens with zero attached hydrogens (tertiary/aromatic N) is 2. The Balaban J connectivity index is 1.70. The Bertz CT molecular complexity index is 908. The molecule has 7 nitrogen and oxygen atoms in total. The molecule has 2 aromatic rings. The zero-order valence-electron chi connectivity index (χ0n) is 14.7. The maximum atomic E-state index is 12.7. The first-order valence-corrected chi connectivity index (χ1v) is 10.1. The molecule has 1 saturated heterocycles. The van der Waals surface area contributed by atoms with E-state index < -0.39 is 10.0 Å².